The number of hydrogen-bond donors (Lipinski definition) is 2. The van der Waals surface area contributed by atoms with Gasteiger partial charge in [-0.25, -0.2) is 20.8 Å². The van der Waals surface area contributed by atoms with Crippen LogP contribution in [0.15, 0.2) is 29.3 Å². The molecule has 5 nitrogen and oxygen atoms in total. The second-order valence-corrected chi connectivity index (χ2v) is 6.50. The van der Waals surface area contributed by atoms with Gasteiger partial charge in [0.15, 0.2) is 0 Å². The van der Waals surface area contributed by atoms with Gasteiger partial charge in [-0.3, -0.25) is 0 Å². The predicted molar refractivity (Wildman–Crippen MR) is 82.7 cm³/mol. The molecule has 0 radical (unpaired) electrons. The van der Waals surface area contributed by atoms with Crippen LogP contribution in [0.2, 0.25) is 0 Å². The molecule has 3 N–H and O–H groups in total. The zero-order valence-electron chi connectivity index (χ0n) is 11.2. The molecule has 1 spiro atoms. The summed E-state index contributed by atoms with van der Waals surface area (Å²) in [5.41, 5.74) is 0.942. The van der Waals surface area contributed by atoms with Crippen LogP contribution in [0.25, 0.3) is 10.2 Å². The Kier molecular flexibility index (Phi) is 2.68. The summed E-state index contributed by atoms with van der Waals surface area (Å²) in [6.07, 6.45) is 6.04. The van der Waals surface area contributed by atoms with Gasteiger partial charge in [0.05, 0.1) is 10.2 Å². The quantitative estimate of drug-likeness (QED) is 0.625. The summed E-state index contributed by atoms with van der Waals surface area (Å²) < 4.78 is 1.14. The highest BCUT2D eigenvalue weighted by molar-refractivity contribution is 7.22. The van der Waals surface area contributed by atoms with E-state index in [1.807, 2.05) is 18.2 Å². The van der Waals surface area contributed by atoms with E-state index in [0.717, 1.165) is 34.1 Å². The number of nitrogens with two attached hydrogens (primary N) is 1. The molecule has 2 aliphatic rings. The molecule has 0 saturated heterocycles. The van der Waals surface area contributed by atoms with Crippen molar-refractivity contribution in [2.75, 3.05) is 5.01 Å². The SMILES string of the molecule is NN(C1=NC2(CCCCC2)N1)c1nc2ccccc2s1. The maximum Gasteiger partial charge on any atom is 0.219 e. The minimum absolute atomic E-state index is 0.0398. The molecule has 1 aromatic heterocycles. The minimum Gasteiger partial charge on any atom is -0.330 e. The summed E-state index contributed by atoms with van der Waals surface area (Å²) in [5, 5.41) is 5.81. The van der Waals surface area contributed by atoms with Gasteiger partial charge >= 0.3 is 0 Å². The molecule has 1 aliphatic heterocycles. The molecule has 1 saturated carbocycles. The van der Waals surface area contributed by atoms with E-state index >= 15 is 0 Å². The summed E-state index contributed by atoms with van der Waals surface area (Å²) in [4.78, 5) is 9.28. The molecule has 0 amide bonds. The van der Waals surface area contributed by atoms with Gasteiger partial charge in [0, 0.05) is 0 Å². The molecule has 20 heavy (non-hydrogen) atoms. The van der Waals surface area contributed by atoms with Crippen LogP contribution in [0, 0.1) is 0 Å². The molecule has 6 heteroatoms. The Bertz CT molecular complexity index is 638. The van der Waals surface area contributed by atoms with Gasteiger partial charge in [-0.2, -0.15) is 0 Å². The Morgan fingerprint density at radius 2 is 1.95 bits per heavy atom. The molecule has 1 aliphatic carbocycles. The summed E-state index contributed by atoms with van der Waals surface area (Å²) in [7, 11) is 0. The van der Waals surface area contributed by atoms with Crippen LogP contribution in [0.5, 0.6) is 0 Å². The molecule has 1 fully saturated rings. The predicted octanol–water partition coefficient (Wildman–Crippen LogP) is 2.60. The molecule has 1 aromatic carbocycles. The first-order valence-corrected chi connectivity index (χ1v) is 7.86. The number of fused-ring (bicyclic) bond motifs is 1. The topological polar surface area (TPSA) is 66.5 Å². The fourth-order valence-corrected chi connectivity index (χ4v) is 3.85. The van der Waals surface area contributed by atoms with Crippen molar-refractivity contribution in [3.8, 4) is 0 Å². The third-order valence-electron chi connectivity index (χ3n) is 4.06. The highest BCUT2D eigenvalue weighted by Gasteiger charge is 2.41. The first kappa shape index (κ1) is 12.1. The van der Waals surface area contributed by atoms with E-state index in [2.05, 4.69) is 16.4 Å². The number of rotatable bonds is 1. The number of para-hydroxylation sites is 1. The Labute approximate surface area is 121 Å². The highest BCUT2D eigenvalue weighted by Crippen LogP contribution is 2.35. The minimum atomic E-state index is -0.0398. The number of benzene rings is 1. The van der Waals surface area contributed by atoms with Crippen molar-refractivity contribution in [1.82, 2.24) is 10.3 Å². The third kappa shape index (κ3) is 1.87. The summed E-state index contributed by atoms with van der Waals surface area (Å²) in [5.74, 6) is 6.88. The number of nitrogens with zero attached hydrogens (tertiary/aromatic N) is 3. The molecular weight excluding hydrogens is 270 g/mol. The number of nitrogens with one attached hydrogen (secondary N) is 1. The monoisotopic (exact) mass is 287 g/mol. The van der Waals surface area contributed by atoms with E-state index < -0.39 is 0 Å². The number of hydrogen-bond acceptors (Lipinski definition) is 6. The molecule has 0 atom stereocenters. The molecular formula is C14H17N5S. The van der Waals surface area contributed by atoms with E-state index in [9.17, 15) is 0 Å². The van der Waals surface area contributed by atoms with E-state index in [1.54, 1.807) is 16.3 Å². The maximum atomic E-state index is 6.14. The maximum absolute atomic E-state index is 6.14. The number of hydrazine groups is 1. The standard InChI is InChI=1S/C14H17N5S/c15-19(12-17-14(18-12)8-4-1-5-9-14)13-16-10-6-2-3-7-11(10)20-13/h2-3,6-7H,1,4-5,8-9,15H2,(H,17,18). The van der Waals surface area contributed by atoms with Crippen LogP contribution >= 0.6 is 11.3 Å². The van der Waals surface area contributed by atoms with Gasteiger partial charge in [-0.15, -0.1) is 0 Å². The molecule has 0 unspecified atom stereocenters. The van der Waals surface area contributed by atoms with Crippen molar-refractivity contribution in [1.29, 1.82) is 0 Å². The van der Waals surface area contributed by atoms with Gasteiger partial charge in [0.1, 0.15) is 5.66 Å². The number of thiazole rings is 1. The lowest BCUT2D eigenvalue weighted by Gasteiger charge is -2.44. The normalized spacial score (nSPS) is 20.4. The Morgan fingerprint density at radius 3 is 2.70 bits per heavy atom. The molecule has 104 valence electrons. The lowest BCUT2D eigenvalue weighted by molar-refractivity contribution is 0.245. The zero-order chi connectivity index (χ0) is 13.6. The Morgan fingerprint density at radius 1 is 1.20 bits per heavy atom. The van der Waals surface area contributed by atoms with E-state index in [1.165, 1.54) is 19.3 Å². The molecule has 4 rings (SSSR count). The number of anilines is 1. The fourth-order valence-electron chi connectivity index (χ4n) is 2.96. The van der Waals surface area contributed by atoms with Crippen LogP contribution in [0.1, 0.15) is 32.1 Å². The summed E-state index contributed by atoms with van der Waals surface area (Å²) in [6.45, 7) is 0. The molecule has 2 aromatic rings. The highest BCUT2D eigenvalue weighted by atomic mass is 32.1. The van der Waals surface area contributed by atoms with Gasteiger partial charge < -0.3 is 5.32 Å². The van der Waals surface area contributed by atoms with Crippen LogP contribution in [-0.2, 0) is 0 Å². The summed E-state index contributed by atoms with van der Waals surface area (Å²) in [6, 6.07) is 8.06. The third-order valence-corrected chi connectivity index (χ3v) is 5.10. The molecule has 0 bridgehead atoms. The first-order chi connectivity index (χ1) is 9.76. The van der Waals surface area contributed by atoms with E-state index in [0.29, 0.717) is 0 Å². The van der Waals surface area contributed by atoms with Crippen molar-refractivity contribution in [3.05, 3.63) is 24.3 Å². The second kappa shape index (κ2) is 4.43. The zero-order valence-corrected chi connectivity index (χ0v) is 12.0. The van der Waals surface area contributed by atoms with Gasteiger partial charge in [-0.1, -0.05) is 29.9 Å². The Balaban J connectivity index is 1.58. The number of guanidine groups is 1. The van der Waals surface area contributed by atoms with E-state index in [4.69, 9.17) is 10.8 Å². The largest absolute Gasteiger partial charge is 0.330 e. The van der Waals surface area contributed by atoms with Crippen molar-refractivity contribution < 1.29 is 0 Å². The van der Waals surface area contributed by atoms with Crippen molar-refractivity contribution >= 4 is 32.6 Å². The smallest absolute Gasteiger partial charge is 0.219 e. The Hall–Kier alpha value is -1.66. The number of aromatic nitrogens is 1. The molecule has 2 heterocycles. The van der Waals surface area contributed by atoms with Crippen molar-refractivity contribution in [2.45, 2.75) is 37.8 Å². The van der Waals surface area contributed by atoms with Crippen molar-refractivity contribution in [2.24, 2.45) is 10.8 Å². The van der Waals surface area contributed by atoms with Crippen LogP contribution in [0.3, 0.4) is 0 Å². The van der Waals surface area contributed by atoms with Crippen LogP contribution in [0.4, 0.5) is 5.13 Å². The van der Waals surface area contributed by atoms with Crippen LogP contribution in [-0.4, -0.2) is 16.6 Å². The van der Waals surface area contributed by atoms with Gasteiger partial charge in [0.25, 0.3) is 0 Å². The van der Waals surface area contributed by atoms with Gasteiger partial charge in [-0.05, 0) is 37.8 Å². The fraction of sp³-hybridized carbons (Fsp3) is 0.429. The average molecular weight is 287 g/mol. The van der Waals surface area contributed by atoms with Crippen molar-refractivity contribution in [3.63, 3.8) is 0 Å². The first-order valence-electron chi connectivity index (χ1n) is 7.04. The lowest BCUT2D eigenvalue weighted by atomic mass is 9.88. The van der Waals surface area contributed by atoms with E-state index in [-0.39, 0.29) is 5.66 Å². The average Bonchev–Trinajstić information content (AvgIpc) is 2.88. The number of aliphatic imine (C=N–C) groups is 1. The summed E-state index contributed by atoms with van der Waals surface area (Å²) >= 11 is 1.59. The second-order valence-electron chi connectivity index (χ2n) is 5.49. The van der Waals surface area contributed by atoms with Crippen LogP contribution < -0.4 is 16.2 Å². The van der Waals surface area contributed by atoms with Gasteiger partial charge in [0.2, 0.25) is 11.1 Å². The lowest BCUT2D eigenvalue weighted by Crippen LogP contribution is -2.64.